The van der Waals surface area contributed by atoms with Gasteiger partial charge in [0.2, 0.25) is 0 Å². The van der Waals surface area contributed by atoms with E-state index in [1.807, 2.05) is 19.9 Å². The molecule has 0 bridgehead atoms. The van der Waals surface area contributed by atoms with Gasteiger partial charge in [-0.15, -0.1) is 23.3 Å². The second kappa shape index (κ2) is 3.25. The zero-order valence-corrected chi connectivity index (χ0v) is 9.65. The molecule has 0 aromatic rings. The molecular formula is C9H11CmO-. The van der Waals surface area contributed by atoms with Crippen LogP contribution in [0.4, 0.5) is 0 Å². The van der Waals surface area contributed by atoms with Gasteiger partial charge in [0.15, 0.2) is 0 Å². The van der Waals surface area contributed by atoms with Crippen molar-refractivity contribution in [3.8, 4) is 0 Å². The molecule has 62 valence electrons. The van der Waals surface area contributed by atoms with Gasteiger partial charge < -0.3 is 4.79 Å². The molecule has 11 heavy (non-hydrogen) atoms. The summed E-state index contributed by atoms with van der Waals surface area (Å²) in [5.41, 5.74) is 1.96. The summed E-state index contributed by atoms with van der Waals surface area (Å²) in [7, 11) is 0. The van der Waals surface area contributed by atoms with Crippen molar-refractivity contribution in [1.29, 1.82) is 0 Å². The summed E-state index contributed by atoms with van der Waals surface area (Å²) >= 11 is 0. The van der Waals surface area contributed by atoms with Crippen molar-refractivity contribution in [1.82, 2.24) is 0 Å². The van der Waals surface area contributed by atoms with Crippen LogP contribution < -0.4 is 0 Å². The van der Waals surface area contributed by atoms with Crippen LogP contribution in [0.2, 0.25) is 0 Å². The molecule has 2 heteroatoms. The summed E-state index contributed by atoms with van der Waals surface area (Å²) in [5.74, 6) is 1.18. The second-order valence-electron chi connectivity index (χ2n) is 2.60. The molecular weight excluding hydrogens is 371 g/mol. The molecule has 0 aromatic carbocycles. The Kier molecular flexibility index (Phi) is 2.67. The predicted molar refractivity (Wildman–Crippen MR) is 41.4 cm³/mol. The van der Waals surface area contributed by atoms with Crippen molar-refractivity contribution in [2.75, 3.05) is 0 Å². The van der Waals surface area contributed by atoms with Crippen LogP contribution in [0.1, 0.15) is 20.3 Å². The standard InChI is InChI=1S/C9H11O.Cm/c1-7-4-3-5-8(2)9(7)6-10;/h3-4,6H,5H2,1-2H3;/q-1;. The van der Waals surface area contributed by atoms with Gasteiger partial charge in [0.25, 0.3) is 0 Å². The van der Waals surface area contributed by atoms with Crippen molar-refractivity contribution < 1.29 is 4.79 Å². The summed E-state index contributed by atoms with van der Waals surface area (Å²) < 4.78 is 0. The molecule has 0 heterocycles. The van der Waals surface area contributed by atoms with E-state index in [9.17, 15) is 4.79 Å². The molecule has 1 aliphatic rings. The molecule has 0 aliphatic heterocycles. The van der Waals surface area contributed by atoms with E-state index < -0.39 is 0 Å². The first kappa shape index (κ1) is 9.02. The summed E-state index contributed by atoms with van der Waals surface area (Å²) in [6.07, 6.45) is 5.94. The summed E-state index contributed by atoms with van der Waals surface area (Å²) in [6.45, 7) is 3.96. The molecule has 1 aliphatic carbocycles. The van der Waals surface area contributed by atoms with Gasteiger partial charge in [-0.05, 0) is 0 Å². The summed E-state index contributed by atoms with van der Waals surface area (Å²) in [5, 5.41) is 0. The maximum absolute atomic E-state index is 10.5. The number of hydrogen-bond acceptors (Lipinski definition) is 1. The number of aldehydes is 1. The Bertz CT molecular complexity index is 204. The molecule has 0 aromatic heterocycles. The number of hydrogen-bond donors (Lipinski definition) is 0. The van der Waals surface area contributed by atoms with Gasteiger partial charge >= 0.3 is 0 Å². The van der Waals surface area contributed by atoms with Crippen LogP contribution in [0.15, 0.2) is 23.3 Å². The first-order chi connectivity index (χ1) is 4.75. The van der Waals surface area contributed by atoms with Gasteiger partial charge in [0.05, 0.1) is 0 Å². The smallest absolute Gasteiger partial charge is 0.0373 e. The van der Waals surface area contributed by atoms with Crippen molar-refractivity contribution in [3.63, 3.8) is 0 Å². The molecule has 1 nitrogen and oxygen atoms in total. The van der Waals surface area contributed by atoms with Crippen molar-refractivity contribution >= 4 is 6.29 Å². The van der Waals surface area contributed by atoms with Gasteiger partial charge in [-0.1, -0.05) is 20.3 Å². The number of carbonyl (C=O) groups is 1. The Morgan fingerprint density at radius 1 is 1.64 bits per heavy atom. The van der Waals surface area contributed by atoms with E-state index in [1.54, 1.807) is 0 Å². The number of rotatable bonds is 1. The topological polar surface area (TPSA) is 17.1 Å². The molecule has 0 fully saturated rings. The van der Waals surface area contributed by atoms with E-state index in [-0.39, 0.29) is 0 Å². The zero-order valence-electron chi connectivity index (χ0n) is 6.70. The van der Waals surface area contributed by atoms with Crippen LogP contribution >= 0.6 is 0 Å². The van der Waals surface area contributed by atoms with Crippen LogP contribution in [0.3, 0.4) is 0 Å². The first-order valence-electron chi connectivity index (χ1n) is 3.41. The van der Waals surface area contributed by atoms with E-state index in [0.29, 0.717) is 0 Å². The number of allylic oxidation sites excluding steroid dienone is 4. The zero-order chi connectivity index (χ0) is 7.56. The Balaban J connectivity index is 0.000001000. The average Bonchev–Trinajstić information content (AvgIpc) is 1.88. The minimum atomic E-state index is 0. The molecule has 0 radical (unpaired) electrons. The van der Waals surface area contributed by atoms with E-state index in [1.165, 1.54) is 5.92 Å². The molecule has 0 N–H and O–H groups in total. The third-order valence-corrected chi connectivity index (χ3v) is 1.79. The molecule has 0 spiro atoms. The largest absolute Gasteiger partial charge is 0.374 e. The third kappa shape index (κ3) is 1.48. The minimum Gasteiger partial charge on any atom is -0.374 e. The normalized spacial score (nSPS) is 16.4. The van der Waals surface area contributed by atoms with Crippen LogP contribution in [0.5, 0.6) is 0 Å². The molecule has 0 saturated carbocycles. The van der Waals surface area contributed by atoms with Gasteiger partial charge in [-0.3, -0.25) is 0 Å². The maximum atomic E-state index is 10.5. The van der Waals surface area contributed by atoms with Gasteiger partial charge in [-0.25, -0.2) is 0 Å². The SMILES string of the molecule is CC1=C(C=O)[C-](C)CC=C1.[Cm]. The molecule has 1 rings (SSSR count). The third-order valence-electron chi connectivity index (χ3n) is 1.79. The van der Waals surface area contributed by atoms with Crippen molar-refractivity contribution in [3.05, 3.63) is 29.2 Å². The fraction of sp³-hybridized carbons (Fsp3) is 0.333. The predicted octanol–water partition coefficient (Wildman–Crippen LogP) is 2.06. The van der Waals surface area contributed by atoms with E-state index in [2.05, 4.69) is 6.08 Å². The average molecular weight is 382 g/mol. The van der Waals surface area contributed by atoms with Crippen LogP contribution in [-0.2, 0) is 4.79 Å². The quantitative estimate of drug-likeness (QED) is 0.501. The van der Waals surface area contributed by atoms with Gasteiger partial charge in [0, 0.05) is 6.29 Å². The first-order valence-corrected chi connectivity index (χ1v) is 3.41. The number of carbonyl (C=O) groups excluding carboxylic acids is 1. The fourth-order valence-corrected chi connectivity index (χ4v) is 1.14. The maximum Gasteiger partial charge on any atom is 0.0373 e. The second-order valence-corrected chi connectivity index (χ2v) is 2.60. The Labute approximate surface area is 61.4 Å². The fourth-order valence-electron chi connectivity index (χ4n) is 1.14. The molecule has 0 saturated heterocycles. The molecule has 0 atom stereocenters. The molecule has 0 amide bonds. The van der Waals surface area contributed by atoms with Gasteiger partial charge in [0.1, 0.15) is 0 Å². The monoisotopic (exact) mass is 378 g/mol. The van der Waals surface area contributed by atoms with E-state index >= 15 is 0 Å². The minimum absolute atomic E-state index is 0. The van der Waals surface area contributed by atoms with E-state index in [4.69, 9.17) is 0 Å². The van der Waals surface area contributed by atoms with Crippen LogP contribution in [0.25, 0.3) is 0 Å². The van der Waals surface area contributed by atoms with Crippen LogP contribution in [-0.4, -0.2) is 6.29 Å². The van der Waals surface area contributed by atoms with E-state index in [0.717, 1.165) is 23.9 Å². The van der Waals surface area contributed by atoms with Crippen LogP contribution in [0, 0.1) is 5.92 Å². The Morgan fingerprint density at radius 3 is 2.64 bits per heavy atom. The van der Waals surface area contributed by atoms with Gasteiger partial charge in [-0.2, -0.15) is 5.92 Å². The summed E-state index contributed by atoms with van der Waals surface area (Å²) in [6, 6.07) is 0. The molecule has 0 unspecified atom stereocenters. The Morgan fingerprint density at radius 2 is 2.27 bits per heavy atom. The van der Waals surface area contributed by atoms with Crippen molar-refractivity contribution in [2.45, 2.75) is 20.3 Å². The Hall–Kier alpha value is -1.98. The summed E-state index contributed by atoms with van der Waals surface area (Å²) in [4.78, 5) is 10.5. The van der Waals surface area contributed by atoms with Crippen molar-refractivity contribution in [2.24, 2.45) is 0 Å².